The van der Waals surface area contributed by atoms with Crippen molar-refractivity contribution < 1.29 is 0 Å². The van der Waals surface area contributed by atoms with Gasteiger partial charge in [-0.25, -0.2) is 0 Å². The number of anilines is 1. The average Bonchev–Trinajstić information content (AvgIpc) is 2.14. The third-order valence-electron chi connectivity index (χ3n) is 2.36. The van der Waals surface area contributed by atoms with E-state index in [-0.39, 0.29) is 6.04 Å². The second kappa shape index (κ2) is 5.01. The maximum Gasteiger partial charge on any atom is 0.0366 e. The van der Waals surface area contributed by atoms with E-state index in [2.05, 4.69) is 43.1 Å². The van der Waals surface area contributed by atoms with E-state index >= 15 is 0 Å². The Morgan fingerprint density at radius 3 is 2.71 bits per heavy atom. The van der Waals surface area contributed by atoms with Crippen molar-refractivity contribution in [2.45, 2.75) is 26.3 Å². The first-order chi connectivity index (χ1) is 6.59. The van der Waals surface area contributed by atoms with E-state index in [0.29, 0.717) is 0 Å². The van der Waals surface area contributed by atoms with Crippen molar-refractivity contribution in [3.8, 4) is 0 Å². The first-order valence-corrected chi connectivity index (χ1v) is 5.13. The molecule has 0 fully saturated rings. The number of hydrogen-bond donors (Lipinski definition) is 1. The van der Waals surface area contributed by atoms with Crippen molar-refractivity contribution in [1.82, 2.24) is 0 Å². The van der Waals surface area contributed by atoms with Crippen LogP contribution < -0.4 is 10.6 Å². The molecule has 0 amide bonds. The molecule has 14 heavy (non-hydrogen) atoms. The van der Waals surface area contributed by atoms with E-state index in [1.165, 1.54) is 11.3 Å². The monoisotopic (exact) mass is 192 g/mol. The molecule has 78 valence electrons. The molecule has 0 radical (unpaired) electrons. The fraction of sp³-hybridized carbons (Fsp3) is 0.500. The summed E-state index contributed by atoms with van der Waals surface area (Å²) in [6, 6.07) is 8.81. The van der Waals surface area contributed by atoms with Crippen LogP contribution in [0, 0.1) is 6.92 Å². The highest BCUT2D eigenvalue weighted by atomic mass is 15.1. The van der Waals surface area contributed by atoms with Crippen molar-refractivity contribution in [2.75, 3.05) is 18.5 Å². The van der Waals surface area contributed by atoms with E-state index in [1.807, 2.05) is 6.92 Å². The second-order valence-electron chi connectivity index (χ2n) is 4.03. The van der Waals surface area contributed by atoms with Gasteiger partial charge in [0.25, 0.3) is 0 Å². The van der Waals surface area contributed by atoms with E-state index in [1.54, 1.807) is 0 Å². The highest BCUT2D eigenvalue weighted by Crippen LogP contribution is 2.14. The van der Waals surface area contributed by atoms with Crippen LogP contribution in [0.2, 0.25) is 0 Å². The summed E-state index contributed by atoms with van der Waals surface area (Å²) in [5, 5.41) is 0. The lowest BCUT2D eigenvalue weighted by Crippen LogP contribution is -2.25. The number of rotatable bonds is 4. The molecule has 2 N–H and O–H groups in total. The first kappa shape index (κ1) is 11.1. The molecule has 1 rings (SSSR count). The summed E-state index contributed by atoms with van der Waals surface area (Å²) in [5.74, 6) is 0. The standard InChI is InChI=1S/C12H20N2/c1-10-5-4-6-12(9-10)14(3)8-7-11(2)13/h4-6,9,11H,7-8,13H2,1-3H3. The molecule has 0 aliphatic rings. The zero-order valence-corrected chi connectivity index (χ0v) is 9.33. The minimum atomic E-state index is 0.280. The van der Waals surface area contributed by atoms with Crippen LogP contribution in [0.1, 0.15) is 18.9 Å². The van der Waals surface area contributed by atoms with E-state index < -0.39 is 0 Å². The Labute approximate surface area is 86.7 Å². The van der Waals surface area contributed by atoms with Crippen LogP contribution in [0.25, 0.3) is 0 Å². The highest BCUT2D eigenvalue weighted by molar-refractivity contribution is 5.47. The lowest BCUT2D eigenvalue weighted by atomic mass is 10.2. The molecule has 0 aliphatic heterocycles. The van der Waals surface area contributed by atoms with Crippen molar-refractivity contribution >= 4 is 5.69 Å². The average molecular weight is 192 g/mol. The van der Waals surface area contributed by atoms with Gasteiger partial charge in [-0.05, 0) is 38.0 Å². The topological polar surface area (TPSA) is 29.3 Å². The summed E-state index contributed by atoms with van der Waals surface area (Å²) in [5.41, 5.74) is 8.29. The summed E-state index contributed by atoms with van der Waals surface area (Å²) < 4.78 is 0. The van der Waals surface area contributed by atoms with Gasteiger partial charge >= 0.3 is 0 Å². The van der Waals surface area contributed by atoms with Crippen LogP contribution in [0.4, 0.5) is 5.69 Å². The summed E-state index contributed by atoms with van der Waals surface area (Å²) in [4.78, 5) is 2.25. The van der Waals surface area contributed by atoms with Gasteiger partial charge in [0.05, 0.1) is 0 Å². The summed E-state index contributed by atoms with van der Waals surface area (Å²) >= 11 is 0. The maximum absolute atomic E-state index is 5.72. The normalized spacial score (nSPS) is 12.6. The number of hydrogen-bond acceptors (Lipinski definition) is 2. The molecule has 0 saturated heterocycles. The molecule has 1 aromatic carbocycles. The zero-order chi connectivity index (χ0) is 10.6. The van der Waals surface area contributed by atoms with Crippen LogP contribution in [0.3, 0.4) is 0 Å². The molecule has 0 spiro atoms. The van der Waals surface area contributed by atoms with Crippen molar-refractivity contribution in [2.24, 2.45) is 5.73 Å². The van der Waals surface area contributed by atoms with Gasteiger partial charge in [-0.1, -0.05) is 12.1 Å². The molecular formula is C12H20N2. The second-order valence-corrected chi connectivity index (χ2v) is 4.03. The van der Waals surface area contributed by atoms with Crippen LogP contribution in [-0.4, -0.2) is 19.6 Å². The molecule has 1 aromatic rings. The van der Waals surface area contributed by atoms with Crippen molar-refractivity contribution in [3.05, 3.63) is 29.8 Å². The molecule has 1 unspecified atom stereocenters. The minimum absolute atomic E-state index is 0.280. The fourth-order valence-electron chi connectivity index (χ4n) is 1.39. The van der Waals surface area contributed by atoms with E-state index in [0.717, 1.165) is 13.0 Å². The Bertz CT molecular complexity index is 281. The number of nitrogens with zero attached hydrogens (tertiary/aromatic N) is 1. The number of benzene rings is 1. The SMILES string of the molecule is Cc1cccc(N(C)CCC(C)N)c1. The largest absolute Gasteiger partial charge is 0.375 e. The molecule has 2 heteroatoms. The maximum atomic E-state index is 5.72. The van der Waals surface area contributed by atoms with Crippen molar-refractivity contribution in [3.63, 3.8) is 0 Å². The van der Waals surface area contributed by atoms with Gasteiger partial charge in [0.2, 0.25) is 0 Å². The lowest BCUT2D eigenvalue weighted by Gasteiger charge is -2.20. The van der Waals surface area contributed by atoms with Gasteiger partial charge in [0.15, 0.2) is 0 Å². The Hall–Kier alpha value is -1.02. The van der Waals surface area contributed by atoms with Crippen molar-refractivity contribution in [1.29, 1.82) is 0 Å². The first-order valence-electron chi connectivity index (χ1n) is 5.13. The third-order valence-corrected chi connectivity index (χ3v) is 2.36. The van der Waals surface area contributed by atoms with Gasteiger partial charge < -0.3 is 10.6 Å². The van der Waals surface area contributed by atoms with Gasteiger partial charge in [-0.2, -0.15) is 0 Å². The third kappa shape index (κ3) is 3.38. The van der Waals surface area contributed by atoms with E-state index in [9.17, 15) is 0 Å². The molecule has 0 aliphatic carbocycles. The summed E-state index contributed by atoms with van der Waals surface area (Å²) in [6.45, 7) is 5.17. The fourth-order valence-corrected chi connectivity index (χ4v) is 1.39. The molecule has 0 saturated carbocycles. The summed E-state index contributed by atoms with van der Waals surface area (Å²) in [7, 11) is 2.11. The Morgan fingerprint density at radius 2 is 2.14 bits per heavy atom. The quantitative estimate of drug-likeness (QED) is 0.792. The smallest absolute Gasteiger partial charge is 0.0366 e. The molecular weight excluding hydrogens is 172 g/mol. The predicted molar refractivity (Wildman–Crippen MR) is 62.7 cm³/mol. The summed E-state index contributed by atoms with van der Waals surface area (Å²) in [6.07, 6.45) is 1.03. The van der Waals surface area contributed by atoms with Crippen LogP contribution in [0.5, 0.6) is 0 Å². The van der Waals surface area contributed by atoms with Gasteiger partial charge in [0.1, 0.15) is 0 Å². The van der Waals surface area contributed by atoms with Gasteiger partial charge in [-0.15, -0.1) is 0 Å². The predicted octanol–water partition coefficient (Wildman–Crippen LogP) is 2.17. The molecule has 1 atom stereocenters. The lowest BCUT2D eigenvalue weighted by molar-refractivity contribution is 0.659. The molecule has 0 bridgehead atoms. The highest BCUT2D eigenvalue weighted by Gasteiger charge is 2.01. The van der Waals surface area contributed by atoms with Crippen LogP contribution in [0.15, 0.2) is 24.3 Å². The Balaban J connectivity index is 2.56. The molecule has 2 nitrogen and oxygen atoms in total. The van der Waals surface area contributed by atoms with Crippen LogP contribution in [-0.2, 0) is 0 Å². The number of aryl methyl sites for hydroxylation is 1. The molecule has 0 aromatic heterocycles. The van der Waals surface area contributed by atoms with Crippen LogP contribution >= 0.6 is 0 Å². The Morgan fingerprint density at radius 1 is 1.43 bits per heavy atom. The molecule has 0 heterocycles. The van der Waals surface area contributed by atoms with Gasteiger partial charge in [-0.3, -0.25) is 0 Å². The number of nitrogens with two attached hydrogens (primary N) is 1. The zero-order valence-electron chi connectivity index (χ0n) is 9.33. The minimum Gasteiger partial charge on any atom is -0.375 e. The van der Waals surface area contributed by atoms with Gasteiger partial charge in [0, 0.05) is 25.3 Å². The van der Waals surface area contributed by atoms with E-state index in [4.69, 9.17) is 5.73 Å². The Kier molecular flexibility index (Phi) is 3.96.